The van der Waals surface area contributed by atoms with Crippen LogP contribution in [0, 0.1) is 72.9 Å². The Bertz CT molecular complexity index is 1200. The van der Waals surface area contributed by atoms with E-state index >= 15 is 0 Å². The van der Waals surface area contributed by atoms with Gasteiger partial charge in [-0.15, -0.1) is 0 Å². The lowest BCUT2D eigenvalue weighted by Crippen LogP contribution is -2.28. The molecule has 6 aliphatic rings. The second kappa shape index (κ2) is 49.6. The van der Waals surface area contributed by atoms with Gasteiger partial charge in [0.15, 0.2) is 0 Å². The van der Waals surface area contributed by atoms with Gasteiger partial charge in [-0.1, -0.05) is 345 Å². The summed E-state index contributed by atoms with van der Waals surface area (Å²) in [4.78, 5) is 0. The van der Waals surface area contributed by atoms with Crippen molar-refractivity contribution in [3.8, 4) is 0 Å². The van der Waals surface area contributed by atoms with Crippen molar-refractivity contribution in [2.24, 2.45) is 72.9 Å². The molecule has 0 unspecified atom stereocenters. The summed E-state index contributed by atoms with van der Waals surface area (Å²) in [6.45, 7) is 74.6. The summed E-state index contributed by atoms with van der Waals surface area (Å²) in [6, 6.07) is 0. The number of hydrogen-bond acceptors (Lipinski definition) is 0. The Labute approximate surface area is 498 Å². The summed E-state index contributed by atoms with van der Waals surface area (Å²) in [5.74, 6) is 2.65. The molecule has 6 saturated carbocycles. The molecule has 0 N–H and O–H groups in total. The zero-order chi connectivity index (χ0) is 65.3. The summed E-state index contributed by atoms with van der Waals surface area (Å²) in [5.41, 5.74) is 4.02. The topological polar surface area (TPSA) is 0 Å². The minimum absolute atomic E-state index is 0.0945. The summed E-state index contributed by atoms with van der Waals surface area (Å²) < 4.78 is 30.3. The van der Waals surface area contributed by atoms with Crippen molar-refractivity contribution in [3.05, 3.63) is 0 Å². The van der Waals surface area contributed by atoms with E-state index in [9.17, 15) is 0 Å². The van der Waals surface area contributed by atoms with Crippen LogP contribution in [0.4, 0.5) is 0 Å². The predicted octanol–water partition coefficient (Wildman–Crippen LogP) is 29.5. The largest absolute Gasteiger partial charge is 0.0683 e. The molecule has 0 saturated heterocycles. The third kappa shape index (κ3) is 72.0. The van der Waals surface area contributed by atoms with Crippen molar-refractivity contribution >= 4 is 0 Å². The smallest absolute Gasteiger partial charge is 0.0300 e. The average molecular weight is 1080 g/mol. The Morgan fingerprint density at radius 3 is 0.711 bits per heavy atom. The summed E-state index contributed by atoms with van der Waals surface area (Å²) in [5, 5.41) is 0. The molecule has 76 heavy (non-hydrogen) atoms. The van der Waals surface area contributed by atoms with Gasteiger partial charge in [0, 0.05) is 5.48 Å². The van der Waals surface area contributed by atoms with Crippen LogP contribution in [-0.4, -0.2) is 0 Å². The van der Waals surface area contributed by atoms with Crippen molar-refractivity contribution in [3.63, 3.8) is 0 Å². The van der Waals surface area contributed by atoms with Crippen LogP contribution >= 0.6 is 0 Å². The van der Waals surface area contributed by atoms with Gasteiger partial charge in [0.2, 0.25) is 0 Å². The van der Waals surface area contributed by atoms with E-state index in [0.717, 1.165) is 48.9 Å². The van der Waals surface area contributed by atoms with Gasteiger partial charge in [-0.3, -0.25) is 0 Å². The molecule has 0 aromatic carbocycles. The molecule has 0 aliphatic heterocycles. The fraction of sp³-hybridized carbons (Fsp3) is 1.00. The van der Waals surface area contributed by atoms with Gasteiger partial charge in [0.1, 0.15) is 0 Å². The second-order valence-corrected chi connectivity index (χ2v) is 31.9. The van der Waals surface area contributed by atoms with Crippen molar-refractivity contribution in [2.45, 2.75) is 422 Å². The van der Waals surface area contributed by atoms with Crippen molar-refractivity contribution < 1.29 is 5.48 Å². The first-order chi connectivity index (χ1) is 36.0. The fourth-order valence-electron chi connectivity index (χ4n) is 9.08. The van der Waals surface area contributed by atoms with Crippen LogP contribution in [0.2, 0.25) is 0 Å². The first kappa shape index (κ1) is 80.2. The van der Waals surface area contributed by atoms with Gasteiger partial charge < -0.3 is 0 Å². The van der Waals surface area contributed by atoms with Gasteiger partial charge in [0.25, 0.3) is 0 Å². The molecule has 0 radical (unpaired) electrons. The van der Waals surface area contributed by atoms with Crippen LogP contribution in [0.15, 0.2) is 0 Å². The van der Waals surface area contributed by atoms with Gasteiger partial charge in [-0.25, -0.2) is 0 Å². The Kier molecular flexibility index (Phi) is 52.4. The molecule has 6 fully saturated rings. The van der Waals surface area contributed by atoms with Gasteiger partial charge in [0.05, 0.1) is 0 Å². The quantitative estimate of drug-likeness (QED) is 0.227. The van der Waals surface area contributed by atoms with Crippen LogP contribution in [0.25, 0.3) is 0 Å². The fourth-order valence-corrected chi connectivity index (χ4v) is 9.08. The summed E-state index contributed by atoms with van der Waals surface area (Å²) in [7, 11) is 0. The molecule has 0 nitrogen and oxygen atoms in total. The lowest BCUT2D eigenvalue weighted by molar-refractivity contribution is 0.102. The Hall–Kier alpha value is 0. The van der Waals surface area contributed by atoms with E-state index in [2.05, 4.69) is 159 Å². The number of hydrogen-bond donors (Lipinski definition) is 0. The van der Waals surface area contributed by atoms with Gasteiger partial charge in [-0.2, -0.15) is 0 Å². The molecule has 0 atom stereocenters. The molecule has 2 spiro atoms. The van der Waals surface area contributed by atoms with E-state index in [1.165, 1.54) is 122 Å². The lowest BCUT2D eigenvalue weighted by Gasteiger charge is -2.42. The third-order valence-corrected chi connectivity index (χ3v) is 15.2. The predicted molar refractivity (Wildman–Crippen MR) is 365 cm³/mol. The average Bonchev–Trinajstić information content (AvgIpc) is 3.33. The van der Waals surface area contributed by atoms with E-state index in [0.29, 0.717) is 32.5 Å². The second-order valence-electron chi connectivity index (χ2n) is 31.9. The normalized spacial score (nSPS) is 22.5. The van der Waals surface area contributed by atoms with E-state index in [4.69, 9.17) is 5.48 Å². The molecule has 6 rings (SSSR count). The molecule has 0 heterocycles. The Morgan fingerprint density at radius 2 is 0.539 bits per heavy atom. The highest BCUT2D eigenvalue weighted by atomic mass is 14.4. The van der Waals surface area contributed by atoms with Crippen molar-refractivity contribution in [1.82, 2.24) is 0 Å². The van der Waals surface area contributed by atoms with E-state index in [-0.39, 0.29) is 17.2 Å². The van der Waals surface area contributed by atoms with Crippen LogP contribution < -0.4 is 0 Å². The molecule has 470 valence electrons. The molecule has 0 amide bonds. The first-order valence-corrected chi connectivity index (χ1v) is 34.0. The molecule has 6 aliphatic carbocycles. The Balaban J connectivity index is -0.000000151. The summed E-state index contributed by atoms with van der Waals surface area (Å²) in [6.07, 6.45) is 36.7. The standard InChI is InChI=1S/2C12H22.2C9H18.2C6H14.2C5H12.C4H10.4C2H6/c2*1-11-5-9-12(10-6-11)7-3-2-4-8-12;2*1-8-4-6-9(2,3)7-5-8;2*1-5-6(2,3)4;2*1-5(2,3)4;1-4(2)3;4*1-2/h2*11H,2-10H2,1H3;2*8H,4-7H2,1-3H3;2*5H2,1-4H3;2*1-4H3;4H,1-3H3;4*1-2H3/i11D;;8D;;5D2;;;;;;;;. The molecular weight excluding hydrogens is 913 g/mol. The lowest BCUT2D eigenvalue weighted by atomic mass is 9.63. The van der Waals surface area contributed by atoms with Crippen LogP contribution in [0.1, 0.15) is 428 Å². The molecule has 0 heteroatoms. The van der Waals surface area contributed by atoms with E-state index in [1.54, 1.807) is 32.6 Å². The molecule has 0 bridgehead atoms. The van der Waals surface area contributed by atoms with E-state index in [1.807, 2.05) is 76.2 Å². The third-order valence-electron chi connectivity index (χ3n) is 15.2. The zero-order valence-electron chi connectivity index (χ0n) is 65.3. The van der Waals surface area contributed by atoms with Crippen LogP contribution in [0.5, 0.6) is 0 Å². The van der Waals surface area contributed by atoms with Crippen molar-refractivity contribution in [1.29, 1.82) is 0 Å². The molecule has 0 aromatic heterocycles. The van der Waals surface area contributed by atoms with Crippen LogP contribution in [0.3, 0.4) is 0 Å². The number of rotatable bonds is 0. The Morgan fingerprint density at radius 1 is 0.368 bits per heavy atom. The first-order valence-electron chi connectivity index (χ1n) is 36.0. The minimum atomic E-state index is -1.06. The van der Waals surface area contributed by atoms with Gasteiger partial charge >= 0.3 is 0 Å². The van der Waals surface area contributed by atoms with Crippen LogP contribution in [-0.2, 0) is 0 Å². The van der Waals surface area contributed by atoms with Crippen molar-refractivity contribution in [2.75, 3.05) is 0 Å². The highest BCUT2D eigenvalue weighted by Crippen LogP contribution is 2.50. The maximum Gasteiger partial charge on any atom is 0.0300 e. The maximum atomic E-state index is 8.03. The highest BCUT2D eigenvalue weighted by molar-refractivity contribution is 4.88. The van der Waals surface area contributed by atoms with E-state index < -0.39 is 6.37 Å². The minimum Gasteiger partial charge on any atom is -0.0683 e. The molecule has 0 aromatic rings. The van der Waals surface area contributed by atoms with Gasteiger partial charge in [-0.05, 0) is 150 Å². The maximum absolute atomic E-state index is 8.03. The zero-order valence-corrected chi connectivity index (χ0v) is 61.3. The summed E-state index contributed by atoms with van der Waals surface area (Å²) >= 11 is 0. The monoisotopic (exact) mass is 1080 g/mol. The highest BCUT2D eigenvalue weighted by Gasteiger charge is 2.36. The SMILES string of the molecule is CC.CC.CC.CC.CC(C)(C)C.CC(C)(C)C.CC(C)C.CC1CCC(C)(C)CC1.CC1CCC2(CCCCC2)CC1.CCC(C)(C)C.[2H]C([2H])(C)C(C)(C)C.[2H]C1(C)CCC(C)(C)CC1.[2H]C1(C)CCC2(CCCCC2)CC1. The molecular formula is C76H166.